The molecule has 0 aliphatic carbocycles. The summed E-state index contributed by atoms with van der Waals surface area (Å²) in [6.45, 7) is 7.54. The lowest BCUT2D eigenvalue weighted by Gasteiger charge is -2.31. The number of rotatable bonds is 3. The highest BCUT2D eigenvalue weighted by molar-refractivity contribution is 7.89. The summed E-state index contributed by atoms with van der Waals surface area (Å²) in [7, 11) is -3.15. The second kappa shape index (κ2) is 5.07. The second-order valence-electron chi connectivity index (χ2n) is 5.09. The largest absolute Gasteiger partial charge is 0.215 e. The number of alkyl halides is 1. The first-order valence-corrected chi connectivity index (χ1v) is 7.65. The first-order chi connectivity index (χ1) is 7.27. The third-order valence-electron chi connectivity index (χ3n) is 2.86. The first-order valence-electron chi connectivity index (χ1n) is 5.50. The van der Waals surface area contributed by atoms with Crippen molar-refractivity contribution in [3.63, 3.8) is 0 Å². The van der Waals surface area contributed by atoms with Crippen molar-refractivity contribution in [1.82, 2.24) is 4.31 Å². The van der Waals surface area contributed by atoms with Crippen molar-refractivity contribution in [2.45, 2.75) is 27.2 Å². The quantitative estimate of drug-likeness (QED) is 0.580. The van der Waals surface area contributed by atoms with Crippen LogP contribution in [0.5, 0.6) is 0 Å². The summed E-state index contributed by atoms with van der Waals surface area (Å²) in [6, 6.07) is 0. The normalized spacial score (nSPS) is 19.6. The van der Waals surface area contributed by atoms with Gasteiger partial charge in [-0.15, -0.1) is 11.6 Å². The van der Waals surface area contributed by atoms with E-state index in [0.29, 0.717) is 13.1 Å². The fourth-order valence-corrected chi connectivity index (χ4v) is 3.52. The van der Waals surface area contributed by atoms with Crippen LogP contribution >= 0.6 is 11.6 Å². The maximum Gasteiger partial charge on any atom is 0.215 e. The lowest BCUT2D eigenvalue weighted by molar-refractivity contribution is 0.390. The highest BCUT2D eigenvalue weighted by Crippen LogP contribution is 2.30. The number of hydrogen-bond acceptors (Lipinski definition) is 2. The van der Waals surface area contributed by atoms with Crippen LogP contribution in [0.4, 0.5) is 0 Å². The molecule has 5 heteroatoms. The lowest BCUT2D eigenvalue weighted by atomic mass is 9.83. The van der Waals surface area contributed by atoms with Gasteiger partial charge < -0.3 is 0 Å². The molecule has 0 unspecified atom stereocenters. The van der Waals surface area contributed by atoms with Gasteiger partial charge in [0.25, 0.3) is 0 Å². The highest BCUT2D eigenvalue weighted by atomic mass is 35.5. The standard InChI is InChI=1S/C11H20ClNO2S/c1-11(2,3)10-4-7-13(8-5-10)16(14,15)9-6-12/h4H,5-9H2,1-3H3. The number of halogens is 1. The van der Waals surface area contributed by atoms with E-state index >= 15 is 0 Å². The Bertz CT molecular complexity index is 368. The van der Waals surface area contributed by atoms with E-state index in [9.17, 15) is 8.42 Å². The Balaban J connectivity index is 2.72. The minimum atomic E-state index is -3.15. The molecular weight excluding hydrogens is 246 g/mol. The van der Waals surface area contributed by atoms with Crippen LogP contribution in [-0.2, 0) is 10.0 Å². The topological polar surface area (TPSA) is 37.4 Å². The molecule has 1 heterocycles. The van der Waals surface area contributed by atoms with E-state index < -0.39 is 10.0 Å². The number of sulfonamides is 1. The summed E-state index contributed by atoms with van der Waals surface area (Å²) >= 11 is 5.49. The van der Waals surface area contributed by atoms with Gasteiger partial charge in [0.15, 0.2) is 0 Å². The van der Waals surface area contributed by atoms with Crippen LogP contribution in [0.15, 0.2) is 11.6 Å². The van der Waals surface area contributed by atoms with Gasteiger partial charge in [-0.1, -0.05) is 32.4 Å². The van der Waals surface area contributed by atoms with Crippen molar-refractivity contribution in [2.24, 2.45) is 5.41 Å². The van der Waals surface area contributed by atoms with Crippen molar-refractivity contribution in [3.05, 3.63) is 11.6 Å². The van der Waals surface area contributed by atoms with Gasteiger partial charge in [0.1, 0.15) is 0 Å². The molecule has 0 amide bonds. The molecule has 0 fully saturated rings. The average molecular weight is 266 g/mol. The summed E-state index contributed by atoms with van der Waals surface area (Å²) in [4.78, 5) is 0. The zero-order valence-electron chi connectivity index (χ0n) is 10.2. The minimum absolute atomic E-state index is 0.0350. The Morgan fingerprint density at radius 2 is 2.06 bits per heavy atom. The molecule has 0 saturated heterocycles. The van der Waals surface area contributed by atoms with Crippen LogP contribution in [0.25, 0.3) is 0 Å². The summed E-state index contributed by atoms with van der Waals surface area (Å²) in [5, 5.41) is 0. The van der Waals surface area contributed by atoms with Gasteiger partial charge in [-0.3, -0.25) is 0 Å². The summed E-state index contributed by atoms with van der Waals surface area (Å²) in [5.74, 6) is 0.196. The summed E-state index contributed by atoms with van der Waals surface area (Å²) in [5.41, 5.74) is 1.48. The van der Waals surface area contributed by atoms with Gasteiger partial charge in [0.2, 0.25) is 10.0 Å². The third kappa shape index (κ3) is 3.47. The molecule has 0 aromatic heterocycles. The van der Waals surface area contributed by atoms with E-state index in [4.69, 9.17) is 11.6 Å². The van der Waals surface area contributed by atoms with Gasteiger partial charge in [0.05, 0.1) is 5.75 Å². The predicted octanol–water partition coefficient (Wildman–Crippen LogP) is 2.23. The smallest absolute Gasteiger partial charge is 0.212 e. The van der Waals surface area contributed by atoms with Crippen molar-refractivity contribution in [3.8, 4) is 0 Å². The van der Waals surface area contributed by atoms with Crippen LogP contribution in [-0.4, -0.2) is 37.4 Å². The molecule has 1 aliphatic rings. The van der Waals surface area contributed by atoms with Crippen molar-refractivity contribution in [1.29, 1.82) is 0 Å². The van der Waals surface area contributed by atoms with E-state index in [1.54, 1.807) is 0 Å². The van der Waals surface area contributed by atoms with E-state index in [1.807, 2.05) is 6.08 Å². The summed E-state index contributed by atoms with van der Waals surface area (Å²) in [6.07, 6.45) is 2.86. The molecule has 0 N–H and O–H groups in total. The fraction of sp³-hybridized carbons (Fsp3) is 0.818. The zero-order chi connectivity index (χ0) is 12.4. The Hall–Kier alpha value is -0.0600. The van der Waals surface area contributed by atoms with E-state index in [1.165, 1.54) is 9.88 Å². The molecule has 0 saturated carbocycles. The molecule has 3 nitrogen and oxygen atoms in total. The molecular formula is C11H20ClNO2S. The average Bonchev–Trinajstić information content (AvgIpc) is 2.16. The maximum atomic E-state index is 11.8. The van der Waals surface area contributed by atoms with Crippen LogP contribution in [0, 0.1) is 5.41 Å². The molecule has 1 aliphatic heterocycles. The maximum absolute atomic E-state index is 11.8. The fourth-order valence-electron chi connectivity index (χ4n) is 1.81. The van der Waals surface area contributed by atoms with Gasteiger partial charge in [-0.25, -0.2) is 8.42 Å². The number of hydrogen-bond donors (Lipinski definition) is 0. The Kier molecular flexibility index (Phi) is 4.43. The third-order valence-corrected chi connectivity index (χ3v) is 5.12. The molecule has 0 aromatic carbocycles. The Morgan fingerprint density at radius 1 is 1.44 bits per heavy atom. The first kappa shape index (κ1) is 14.0. The van der Waals surface area contributed by atoms with E-state index in [0.717, 1.165) is 6.42 Å². The molecule has 94 valence electrons. The van der Waals surface area contributed by atoms with Gasteiger partial charge in [-0.2, -0.15) is 4.31 Å². The molecule has 1 rings (SSSR count). The minimum Gasteiger partial charge on any atom is -0.212 e. The van der Waals surface area contributed by atoms with Crippen LogP contribution < -0.4 is 0 Å². The van der Waals surface area contributed by atoms with E-state index in [2.05, 4.69) is 20.8 Å². The SMILES string of the molecule is CC(C)(C)C1=CCN(S(=O)(=O)CCCl)CC1. The molecule has 0 spiro atoms. The monoisotopic (exact) mass is 265 g/mol. The van der Waals surface area contributed by atoms with E-state index in [-0.39, 0.29) is 17.0 Å². The second-order valence-corrected chi connectivity index (χ2v) is 7.56. The zero-order valence-corrected chi connectivity index (χ0v) is 11.7. The Labute approximate surface area is 104 Å². The predicted molar refractivity (Wildman–Crippen MR) is 68.2 cm³/mol. The van der Waals surface area contributed by atoms with Gasteiger partial charge >= 0.3 is 0 Å². The molecule has 0 bridgehead atoms. The highest BCUT2D eigenvalue weighted by Gasteiger charge is 2.27. The summed E-state index contributed by atoms with van der Waals surface area (Å²) < 4.78 is 25.0. The lowest BCUT2D eigenvalue weighted by Crippen LogP contribution is -2.38. The van der Waals surface area contributed by atoms with Crippen LogP contribution in [0.1, 0.15) is 27.2 Å². The van der Waals surface area contributed by atoms with Gasteiger partial charge in [-0.05, 0) is 11.8 Å². The molecule has 0 atom stereocenters. The molecule has 0 radical (unpaired) electrons. The van der Waals surface area contributed by atoms with Crippen molar-refractivity contribution >= 4 is 21.6 Å². The Morgan fingerprint density at radius 3 is 2.44 bits per heavy atom. The van der Waals surface area contributed by atoms with Gasteiger partial charge in [0, 0.05) is 19.0 Å². The van der Waals surface area contributed by atoms with Crippen molar-refractivity contribution < 1.29 is 8.42 Å². The molecule has 0 aromatic rings. The van der Waals surface area contributed by atoms with Crippen LogP contribution in [0.2, 0.25) is 0 Å². The number of nitrogens with zero attached hydrogens (tertiary/aromatic N) is 1. The van der Waals surface area contributed by atoms with Crippen LogP contribution in [0.3, 0.4) is 0 Å². The van der Waals surface area contributed by atoms with Crippen molar-refractivity contribution in [2.75, 3.05) is 24.7 Å². The molecule has 16 heavy (non-hydrogen) atoms.